The molecule has 0 saturated carbocycles. The molecule has 120 valence electrons. The topological polar surface area (TPSA) is 68.2 Å². The van der Waals surface area contributed by atoms with Crippen LogP contribution in [0.1, 0.15) is 64.0 Å². The molecule has 0 radical (unpaired) electrons. The van der Waals surface area contributed by atoms with Crippen LogP contribution in [0.15, 0.2) is 17.2 Å². The molecule has 21 heavy (non-hydrogen) atoms. The Labute approximate surface area is 131 Å². The van der Waals surface area contributed by atoms with E-state index in [1.54, 1.807) is 4.57 Å². The van der Waals surface area contributed by atoms with Crippen LogP contribution in [0.4, 0.5) is 0 Å². The van der Waals surface area contributed by atoms with Crippen molar-refractivity contribution in [1.82, 2.24) is 9.88 Å². The largest absolute Gasteiger partial charge is 0.346 e. The Morgan fingerprint density at radius 2 is 2.00 bits per heavy atom. The minimum atomic E-state index is -3.85. The molecule has 0 fully saturated rings. The standard InChI is InChI=1S/C14H23ClN2O3S/c1-6-7-14(4,5)16-13(18)12-8-11(21(15,19)20)9-17(12)10(2)3/h8-10H,6-7H2,1-5H3,(H,16,18). The molecule has 1 aromatic heterocycles. The highest BCUT2D eigenvalue weighted by molar-refractivity contribution is 8.13. The molecule has 1 aromatic rings. The molecule has 0 aliphatic rings. The molecule has 0 aliphatic heterocycles. The summed E-state index contributed by atoms with van der Waals surface area (Å²) in [5.74, 6) is -0.297. The summed E-state index contributed by atoms with van der Waals surface area (Å²) in [5.41, 5.74) is -0.0498. The van der Waals surface area contributed by atoms with Gasteiger partial charge in [-0.1, -0.05) is 13.3 Å². The third-order valence-corrected chi connectivity index (χ3v) is 4.54. The summed E-state index contributed by atoms with van der Waals surface area (Å²) in [6.45, 7) is 9.67. The summed E-state index contributed by atoms with van der Waals surface area (Å²) < 4.78 is 24.5. The average molecular weight is 335 g/mol. The number of aromatic nitrogens is 1. The molecule has 0 unspecified atom stereocenters. The Morgan fingerprint density at radius 3 is 2.43 bits per heavy atom. The summed E-state index contributed by atoms with van der Waals surface area (Å²) in [6.07, 6.45) is 3.18. The summed E-state index contributed by atoms with van der Waals surface area (Å²) in [7, 11) is 1.51. The van der Waals surface area contributed by atoms with Gasteiger partial charge in [0, 0.05) is 28.5 Å². The molecule has 1 N–H and O–H groups in total. The highest BCUT2D eigenvalue weighted by atomic mass is 35.7. The molecule has 1 amide bonds. The van der Waals surface area contributed by atoms with E-state index in [9.17, 15) is 13.2 Å². The normalized spacial score (nSPS) is 12.7. The lowest BCUT2D eigenvalue weighted by atomic mass is 9.99. The van der Waals surface area contributed by atoms with Crippen molar-refractivity contribution >= 4 is 25.6 Å². The maximum atomic E-state index is 12.4. The molecular formula is C14H23ClN2O3S. The van der Waals surface area contributed by atoms with Gasteiger partial charge in [0.2, 0.25) is 0 Å². The zero-order valence-electron chi connectivity index (χ0n) is 13.1. The lowest BCUT2D eigenvalue weighted by Gasteiger charge is -2.26. The highest BCUT2D eigenvalue weighted by Gasteiger charge is 2.25. The second-order valence-electron chi connectivity index (χ2n) is 6.09. The van der Waals surface area contributed by atoms with Gasteiger partial charge < -0.3 is 9.88 Å². The zero-order chi connectivity index (χ0) is 16.4. The van der Waals surface area contributed by atoms with Gasteiger partial charge in [0.25, 0.3) is 15.0 Å². The van der Waals surface area contributed by atoms with Gasteiger partial charge in [0.15, 0.2) is 0 Å². The van der Waals surface area contributed by atoms with Crippen molar-refractivity contribution in [2.45, 2.75) is 63.9 Å². The van der Waals surface area contributed by atoms with Crippen molar-refractivity contribution in [2.24, 2.45) is 0 Å². The first-order chi connectivity index (χ1) is 9.48. The Bertz CT molecular complexity index is 618. The van der Waals surface area contributed by atoms with Gasteiger partial charge in [-0.2, -0.15) is 0 Å². The van der Waals surface area contributed by atoms with Crippen LogP contribution in [-0.2, 0) is 9.05 Å². The van der Waals surface area contributed by atoms with E-state index in [4.69, 9.17) is 10.7 Å². The number of hydrogen-bond donors (Lipinski definition) is 1. The molecule has 1 heterocycles. The zero-order valence-corrected chi connectivity index (χ0v) is 14.7. The molecule has 0 saturated heterocycles. The average Bonchev–Trinajstić information content (AvgIpc) is 2.72. The fourth-order valence-corrected chi connectivity index (χ4v) is 3.00. The van der Waals surface area contributed by atoms with Crippen LogP contribution in [0.2, 0.25) is 0 Å². The van der Waals surface area contributed by atoms with E-state index in [-0.39, 0.29) is 22.4 Å². The minimum absolute atomic E-state index is 0.0489. The Morgan fingerprint density at radius 1 is 1.43 bits per heavy atom. The van der Waals surface area contributed by atoms with E-state index in [1.165, 1.54) is 12.3 Å². The molecule has 0 spiro atoms. The van der Waals surface area contributed by atoms with Crippen molar-refractivity contribution in [1.29, 1.82) is 0 Å². The highest BCUT2D eigenvalue weighted by Crippen LogP contribution is 2.22. The van der Waals surface area contributed by atoms with E-state index >= 15 is 0 Å². The van der Waals surface area contributed by atoms with Gasteiger partial charge >= 0.3 is 0 Å². The number of rotatable bonds is 6. The molecule has 5 nitrogen and oxygen atoms in total. The Kier molecular flexibility index (Phi) is 5.50. The number of hydrogen-bond acceptors (Lipinski definition) is 3. The van der Waals surface area contributed by atoms with E-state index < -0.39 is 9.05 Å². The first-order valence-electron chi connectivity index (χ1n) is 6.97. The monoisotopic (exact) mass is 334 g/mol. The SMILES string of the molecule is CCCC(C)(C)NC(=O)c1cc(S(=O)(=O)Cl)cn1C(C)C. The molecule has 0 atom stereocenters. The van der Waals surface area contributed by atoms with Crippen LogP contribution in [-0.4, -0.2) is 24.4 Å². The van der Waals surface area contributed by atoms with E-state index in [0.29, 0.717) is 5.69 Å². The lowest BCUT2D eigenvalue weighted by Crippen LogP contribution is -2.43. The van der Waals surface area contributed by atoms with Crippen LogP contribution in [0.5, 0.6) is 0 Å². The van der Waals surface area contributed by atoms with Crippen molar-refractivity contribution in [3.63, 3.8) is 0 Å². The molecule has 1 rings (SSSR count). The first-order valence-corrected chi connectivity index (χ1v) is 9.28. The lowest BCUT2D eigenvalue weighted by molar-refractivity contribution is 0.0898. The third-order valence-electron chi connectivity index (χ3n) is 3.22. The fraction of sp³-hybridized carbons (Fsp3) is 0.643. The number of nitrogens with one attached hydrogen (secondary N) is 1. The number of halogens is 1. The van der Waals surface area contributed by atoms with E-state index in [0.717, 1.165) is 12.8 Å². The summed E-state index contributed by atoms with van der Waals surface area (Å²) in [5, 5.41) is 2.94. The second kappa shape index (κ2) is 6.40. The van der Waals surface area contributed by atoms with Crippen LogP contribution in [0, 0.1) is 0 Å². The molecule has 0 aromatic carbocycles. The number of amides is 1. The molecule has 0 aliphatic carbocycles. The van der Waals surface area contributed by atoms with Gasteiger partial charge in [-0.25, -0.2) is 8.42 Å². The number of carbonyl (C=O) groups is 1. The maximum Gasteiger partial charge on any atom is 0.268 e. The Balaban J connectivity index is 3.17. The smallest absolute Gasteiger partial charge is 0.268 e. The predicted molar refractivity (Wildman–Crippen MR) is 84.3 cm³/mol. The van der Waals surface area contributed by atoms with Crippen molar-refractivity contribution in [3.05, 3.63) is 18.0 Å². The summed E-state index contributed by atoms with van der Waals surface area (Å²) in [6, 6.07) is 1.27. The molecule has 7 heteroatoms. The van der Waals surface area contributed by atoms with Crippen molar-refractivity contribution in [2.75, 3.05) is 0 Å². The molecule has 0 bridgehead atoms. The summed E-state index contributed by atoms with van der Waals surface area (Å²) in [4.78, 5) is 12.4. The minimum Gasteiger partial charge on any atom is -0.346 e. The quantitative estimate of drug-likeness (QED) is 0.811. The number of carbonyl (C=O) groups excluding carboxylic acids is 1. The third kappa shape index (κ3) is 4.74. The first kappa shape index (κ1) is 18.0. The Hall–Kier alpha value is -1.01. The van der Waals surface area contributed by atoms with Crippen molar-refractivity contribution in [3.8, 4) is 0 Å². The van der Waals surface area contributed by atoms with Crippen LogP contribution >= 0.6 is 10.7 Å². The van der Waals surface area contributed by atoms with Gasteiger partial charge in [-0.05, 0) is 40.2 Å². The van der Waals surface area contributed by atoms with Gasteiger partial charge in [-0.15, -0.1) is 0 Å². The predicted octanol–water partition coefficient (Wildman–Crippen LogP) is 3.31. The van der Waals surface area contributed by atoms with Crippen molar-refractivity contribution < 1.29 is 13.2 Å². The van der Waals surface area contributed by atoms with Gasteiger partial charge in [-0.3, -0.25) is 4.79 Å². The van der Waals surface area contributed by atoms with Gasteiger partial charge in [0.1, 0.15) is 10.6 Å². The maximum absolute atomic E-state index is 12.4. The van der Waals surface area contributed by atoms with Gasteiger partial charge in [0.05, 0.1) is 0 Å². The van der Waals surface area contributed by atoms with Crippen LogP contribution < -0.4 is 5.32 Å². The second-order valence-corrected chi connectivity index (χ2v) is 8.65. The van der Waals surface area contributed by atoms with Crippen LogP contribution in [0.3, 0.4) is 0 Å². The summed E-state index contributed by atoms with van der Waals surface area (Å²) >= 11 is 0. The molecular weight excluding hydrogens is 312 g/mol. The van der Waals surface area contributed by atoms with E-state index in [1.807, 2.05) is 34.6 Å². The van der Waals surface area contributed by atoms with E-state index in [2.05, 4.69) is 5.32 Å². The fourth-order valence-electron chi connectivity index (χ4n) is 2.26. The van der Waals surface area contributed by atoms with Crippen LogP contribution in [0.25, 0.3) is 0 Å². The number of nitrogens with zero attached hydrogens (tertiary/aromatic N) is 1.